The second-order valence-corrected chi connectivity index (χ2v) is 4.88. The summed E-state index contributed by atoms with van der Waals surface area (Å²) in [4.78, 5) is 11.2. The van der Waals surface area contributed by atoms with E-state index in [4.69, 9.17) is 4.74 Å². The van der Waals surface area contributed by atoms with Gasteiger partial charge in [-0.15, -0.1) is 0 Å². The summed E-state index contributed by atoms with van der Waals surface area (Å²) in [6.45, 7) is 1.73. The molecule has 2 nitrogen and oxygen atoms in total. The largest absolute Gasteiger partial charge is 0.461 e. The van der Waals surface area contributed by atoms with Crippen molar-refractivity contribution in [2.24, 2.45) is 0 Å². The Labute approximate surface area is 107 Å². The topological polar surface area (TPSA) is 26.3 Å². The quantitative estimate of drug-likeness (QED) is 0.472. The van der Waals surface area contributed by atoms with Gasteiger partial charge in [0.1, 0.15) is 11.9 Å². The summed E-state index contributed by atoms with van der Waals surface area (Å²) in [5.74, 6) is -0.406. The first-order valence-corrected chi connectivity index (χ1v) is 6.66. The third-order valence-corrected chi connectivity index (χ3v) is 3.76. The smallest absolute Gasteiger partial charge is 0.306 e. The van der Waals surface area contributed by atoms with Crippen LogP contribution in [0.4, 0.5) is 4.39 Å². The molecule has 0 radical (unpaired) electrons. The van der Waals surface area contributed by atoms with Gasteiger partial charge in [0.15, 0.2) is 0 Å². The van der Waals surface area contributed by atoms with Gasteiger partial charge >= 0.3 is 5.97 Å². The SMILES string of the molecule is Cc1ccc(C2CC(=O)OC2CI)cc1F. The number of ether oxygens (including phenoxy) is 1. The fourth-order valence-corrected chi connectivity index (χ4v) is 2.72. The van der Waals surface area contributed by atoms with Gasteiger partial charge in [-0.25, -0.2) is 4.39 Å². The van der Waals surface area contributed by atoms with E-state index in [1.54, 1.807) is 13.0 Å². The van der Waals surface area contributed by atoms with E-state index in [1.807, 2.05) is 6.07 Å². The molecule has 16 heavy (non-hydrogen) atoms. The average molecular weight is 334 g/mol. The molecule has 1 fully saturated rings. The molecule has 1 aliphatic heterocycles. The average Bonchev–Trinajstić information content (AvgIpc) is 2.63. The van der Waals surface area contributed by atoms with Crippen LogP contribution in [0.5, 0.6) is 0 Å². The number of carbonyl (C=O) groups excluding carboxylic acids is 1. The summed E-state index contributed by atoms with van der Waals surface area (Å²) in [6.07, 6.45) is 0.242. The molecule has 4 heteroatoms. The van der Waals surface area contributed by atoms with Crippen LogP contribution in [0.3, 0.4) is 0 Å². The third-order valence-electron chi connectivity index (χ3n) is 2.89. The molecule has 0 aromatic heterocycles. The van der Waals surface area contributed by atoms with Gasteiger partial charge in [0.2, 0.25) is 0 Å². The van der Waals surface area contributed by atoms with Gasteiger partial charge in [-0.05, 0) is 24.1 Å². The van der Waals surface area contributed by atoms with Crippen LogP contribution in [0, 0.1) is 12.7 Å². The van der Waals surface area contributed by atoms with Crippen LogP contribution in [0.2, 0.25) is 0 Å². The maximum absolute atomic E-state index is 13.4. The summed E-state index contributed by atoms with van der Waals surface area (Å²) >= 11 is 2.19. The number of halogens is 2. The van der Waals surface area contributed by atoms with Crippen molar-refractivity contribution in [1.29, 1.82) is 0 Å². The molecule has 1 aromatic rings. The standard InChI is InChI=1S/C12H12FIO2/c1-7-2-3-8(4-10(7)13)9-5-12(15)16-11(9)6-14/h2-4,9,11H,5-6H2,1H3. The fraction of sp³-hybridized carbons (Fsp3) is 0.417. The maximum Gasteiger partial charge on any atom is 0.306 e. The lowest BCUT2D eigenvalue weighted by atomic mass is 9.92. The highest BCUT2D eigenvalue weighted by Crippen LogP contribution is 2.33. The number of esters is 1. The zero-order chi connectivity index (χ0) is 11.7. The molecule has 0 N–H and O–H groups in total. The van der Waals surface area contributed by atoms with E-state index in [0.29, 0.717) is 12.0 Å². The maximum atomic E-state index is 13.4. The van der Waals surface area contributed by atoms with Crippen LogP contribution < -0.4 is 0 Å². The van der Waals surface area contributed by atoms with E-state index >= 15 is 0 Å². The van der Waals surface area contributed by atoms with Gasteiger partial charge in [-0.2, -0.15) is 0 Å². The Bertz CT molecular complexity index is 419. The zero-order valence-corrected chi connectivity index (χ0v) is 11.0. The Morgan fingerprint density at radius 3 is 2.94 bits per heavy atom. The molecule has 0 bridgehead atoms. The second kappa shape index (κ2) is 4.69. The number of alkyl halides is 1. The lowest BCUT2D eigenvalue weighted by Gasteiger charge is -2.15. The van der Waals surface area contributed by atoms with E-state index < -0.39 is 0 Å². The minimum atomic E-state index is -0.218. The van der Waals surface area contributed by atoms with Gasteiger partial charge < -0.3 is 4.74 Å². The van der Waals surface area contributed by atoms with Crippen LogP contribution in [0.25, 0.3) is 0 Å². The van der Waals surface area contributed by atoms with Crippen LogP contribution in [0.1, 0.15) is 23.5 Å². The van der Waals surface area contributed by atoms with Gasteiger partial charge in [0.05, 0.1) is 6.42 Å². The Morgan fingerprint density at radius 2 is 2.31 bits per heavy atom. The van der Waals surface area contributed by atoms with Crippen LogP contribution >= 0.6 is 22.6 Å². The normalized spacial score (nSPS) is 24.6. The molecular weight excluding hydrogens is 322 g/mol. The molecule has 0 saturated carbocycles. The third kappa shape index (κ3) is 2.21. The Morgan fingerprint density at radius 1 is 1.56 bits per heavy atom. The highest BCUT2D eigenvalue weighted by molar-refractivity contribution is 14.1. The predicted molar refractivity (Wildman–Crippen MR) is 67.3 cm³/mol. The van der Waals surface area contributed by atoms with Crippen molar-refractivity contribution in [3.05, 3.63) is 35.1 Å². The van der Waals surface area contributed by atoms with E-state index in [1.165, 1.54) is 6.07 Å². The number of aryl methyl sites for hydroxylation is 1. The van der Waals surface area contributed by atoms with E-state index in [0.717, 1.165) is 9.99 Å². The highest BCUT2D eigenvalue weighted by Gasteiger charge is 2.35. The van der Waals surface area contributed by atoms with E-state index in [2.05, 4.69) is 22.6 Å². The molecule has 1 aromatic carbocycles. The van der Waals surface area contributed by atoms with Crippen LogP contribution in [-0.2, 0) is 9.53 Å². The molecule has 86 valence electrons. The van der Waals surface area contributed by atoms with Crippen molar-refractivity contribution in [3.8, 4) is 0 Å². The highest BCUT2D eigenvalue weighted by atomic mass is 127. The zero-order valence-electron chi connectivity index (χ0n) is 8.87. The summed E-state index contributed by atoms with van der Waals surface area (Å²) in [5, 5.41) is 0. The van der Waals surface area contributed by atoms with Crippen molar-refractivity contribution < 1.29 is 13.9 Å². The van der Waals surface area contributed by atoms with Crippen molar-refractivity contribution >= 4 is 28.6 Å². The van der Waals surface area contributed by atoms with Crippen LogP contribution in [-0.4, -0.2) is 16.5 Å². The van der Waals surface area contributed by atoms with Gasteiger partial charge in [-0.3, -0.25) is 4.79 Å². The molecule has 2 unspecified atom stereocenters. The van der Waals surface area contributed by atoms with E-state index in [-0.39, 0.29) is 23.8 Å². The predicted octanol–water partition coefficient (Wildman–Crippen LogP) is 2.97. The molecule has 1 aliphatic rings. The summed E-state index contributed by atoms with van der Waals surface area (Å²) in [5.41, 5.74) is 1.48. The fourth-order valence-electron chi connectivity index (χ4n) is 1.92. The number of rotatable bonds is 2. The summed E-state index contributed by atoms with van der Waals surface area (Å²) < 4.78 is 19.4. The molecule has 2 atom stereocenters. The molecule has 1 saturated heterocycles. The van der Waals surface area contributed by atoms with Crippen molar-refractivity contribution in [3.63, 3.8) is 0 Å². The Balaban J connectivity index is 2.29. The lowest BCUT2D eigenvalue weighted by Crippen LogP contribution is -2.16. The van der Waals surface area contributed by atoms with E-state index in [9.17, 15) is 9.18 Å². The van der Waals surface area contributed by atoms with Gasteiger partial charge in [-0.1, -0.05) is 34.7 Å². The van der Waals surface area contributed by atoms with Crippen molar-refractivity contribution in [1.82, 2.24) is 0 Å². The second-order valence-electron chi connectivity index (χ2n) is 4.00. The molecule has 2 rings (SSSR count). The molecule has 0 spiro atoms. The number of benzene rings is 1. The number of hydrogen-bond donors (Lipinski definition) is 0. The Kier molecular flexibility index (Phi) is 3.47. The number of cyclic esters (lactones) is 1. The molecule has 0 amide bonds. The lowest BCUT2D eigenvalue weighted by molar-refractivity contribution is -0.140. The van der Waals surface area contributed by atoms with Gasteiger partial charge in [0, 0.05) is 10.3 Å². The number of hydrogen-bond acceptors (Lipinski definition) is 2. The molecule has 1 heterocycles. The monoisotopic (exact) mass is 334 g/mol. The first-order chi connectivity index (χ1) is 7.61. The Hall–Kier alpha value is -0.650. The summed E-state index contributed by atoms with van der Waals surface area (Å²) in [6, 6.07) is 5.14. The minimum Gasteiger partial charge on any atom is -0.461 e. The summed E-state index contributed by atoms with van der Waals surface area (Å²) in [7, 11) is 0. The minimum absolute atomic E-state index is 0.000463. The number of carbonyl (C=O) groups is 1. The van der Waals surface area contributed by atoms with Crippen molar-refractivity contribution in [2.75, 3.05) is 4.43 Å². The van der Waals surface area contributed by atoms with Gasteiger partial charge in [0.25, 0.3) is 0 Å². The molecule has 0 aliphatic carbocycles. The first-order valence-electron chi connectivity index (χ1n) is 5.13. The molecular formula is C12H12FIO2. The van der Waals surface area contributed by atoms with Crippen molar-refractivity contribution in [2.45, 2.75) is 25.4 Å². The van der Waals surface area contributed by atoms with Crippen LogP contribution in [0.15, 0.2) is 18.2 Å². The first kappa shape index (κ1) is 11.8.